The number of nitrogen functional groups attached to an aromatic ring is 1. The maximum atomic E-state index is 12.3. The van der Waals surface area contributed by atoms with Gasteiger partial charge in [0.15, 0.2) is 0 Å². The van der Waals surface area contributed by atoms with E-state index in [-0.39, 0.29) is 10.7 Å². The van der Waals surface area contributed by atoms with Crippen molar-refractivity contribution >= 4 is 23.4 Å². The first-order valence-electron chi connectivity index (χ1n) is 7.36. The smallest absolute Gasteiger partial charge is 0.251 e. The maximum Gasteiger partial charge on any atom is 0.251 e. The van der Waals surface area contributed by atoms with Gasteiger partial charge in [0.05, 0.1) is 7.11 Å². The highest BCUT2D eigenvalue weighted by molar-refractivity contribution is 8.00. The molecule has 0 heterocycles. The molecule has 0 bridgehead atoms. The molecule has 5 heteroatoms. The summed E-state index contributed by atoms with van der Waals surface area (Å²) in [6.45, 7) is 0.712. The summed E-state index contributed by atoms with van der Waals surface area (Å²) < 4.78 is 5.35. The summed E-state index contributed by atoms with van der Waals surface area (Å²) in [7, 11) is 1.57. The lowest BCUT2D eigenvalue weighted by Crippen LogP contribution is -2.41. The van der Waals surface area contributed by atoms with Crippen molar-refractivity contribution in [1.82, 2.24) is 5.32 Å². The zero-order valence-corrected chi connectivity index (χ0v) is 13.6. The first-order chi connectivity index (χ1) is 10.1. The molecule has 0 radical (unpaired) electrons. The Kier molecular flexibility index (Phi) is 5.39. The van der Waals surface area contributed by atoms with Crippen molar-refractivity contribution in [3.8, 4) is 5.75 Å². The van der Waals surface area contributed by atoms with E-state index in [1.807, 2.05) is 11.8 Å². The number of rotatable bonds is 5. The molecule has 1 fully saturated rings. The summed E-state index contributed by atoms with van der Waals surface area (Å²) >= 11 is 1.88. The van der Waals surface area contributed by atoms with E-state index >= 15 is 0 Å². The van der Waals surface area contributed by atoms with Crippen molar-refractivity contribution in [3.63, 3.8) is 0 Å². The first-order valence-corrected chi connectivity index (χ1v) is 8.59. The van der Waals surface area contributed by atoms with E-state index in [0.717, 1.165) is 0 Å². The van der Waals surface area contributed by atoms with Gasteiger partial charge in [-0.25, -0.2) is 0 Å². The molecule has 21 heavy (non-hydrogen) atoms. The van der Waals surface area contributed by atoms with Crippen molar-refractivity contribution < 1.29 is 9.53 Å². The van der Waals surface area contributed by atoms with Crippen LogP contribution in [0.5, 0.6) is 5.75 Å². The minimum absolute atomic E-state index is 0.0837. The average molecular weight is 308 g/mol. The summed E-state index contributed by atoms with van der Waals surface area (Å²) in [5.74, 6) is 0.525. The molecule has 1 amide bonds. The fourth-order valence-corrected chi connectivity index (χ4v) is 3.78. The van der Waals surface area contributed by atoms with E-state index in [0.29, 0.717) is 23.5 Å². The number of carbonyl (C=O) groups is 1. The standard InChI is InChI=1S/C16H24N2O2S/c1-20-14-9-12(8-13(17)10-14)15(19)18-11-16(21-2)6-4-3-5-7-16/h8-10H,3-7,11,17H2,1-2H3,(H,18,19). The summed E-state index contributed by atoms with van der Waals surface area (Å²) in [6, 6.07) is 5.12. The van der Waals surface area contributed by atoms with Crippen LogP contribution in [-0.4, -0.2) is 30.6 Å². The third kappa shape index (κ3) is 4.06. The summed E-state index contributed by atoms with van der Waals surface area (Å²) in [5.41, 5.74) is 6.89. The Bertz CT molecular complexity index is 499. The molecule has 3 N–H and O–H groups in total. The number of hydrogen-bond acceptors (Lipinski definition) is 4. The number of amides is 1. The topological polar surface area (TPSA) is 64.3 Å². The Hall–Kier alpha value is -1.36. The Labute approximate surface area is 130 Å². The van der Waals surface area contributed by atoms with Gasteiger partial charge in [0, 0.05) is 28.6 Å². The normalized spacial score (nSPS) is 17.2. The summed E-state index contributed by atoms with van der Waals surface area (Å²) in [4.78, 5) is 12.3. The van der Waals surface area contributed by atoms with E-state index in [4.69, 9.17) is 10.5 Å². The van der Waals surface area contributed by atoms with Gasteiger partial charge < -0.3 is 15.8 Å². The van der Waals surface area contributed by atoms with Crippen LogP contribution < -0.4 is 15.8 Å². The fourth-order valence-electron chi connectivity index (χ4n) is 2.86. The Morgan fingerprint density at radius 2 is 2.05 bits per heavy atom. The molecular formula is C16H24N2O2S. The molecule has 2 rings (SSSR count). The second kappa shape index (κ2) is 7.07. The molecule has 0 spiro atoms. The van der Waals surface area contributed by atoms with Crippen LogP contribution in [0.1, 0.15) is 42.5 Å². The van der Waals surface area contributed by atoms with Gasteiger partial charge in [-0.15, -0.1) is 0 Å². The maximum absolute atomic E-state index is 12.3. The molecule has 1 aromatic carbocycles. The third-order valence-electron chi connectivity index (χ3n) is 4.20. The fraction of sp³-hybridized carbons (Fsp3) is 0.562. The third-order valence-corrected chi connectivity index (χ3v) is 5.61. The predicted octanol–water partition coefficient (Wildman–Crippen LogP) is 3.07. The average Bonchev–Trinajstić information content (AvgIpc) is 2.52. The Balaban J connectivity index is 2.02. The van der Waals surface area contributed by atoms with Crippen LogP contribution in [0.4, 0.5) is 5.69 Å². The number of carbonyl (C=O) groups excluding carboxylic acids is 1. The SMILES string of the molecule is COc1cc(N)cc(C(=O)NCC2(SC)CCCCC2)c1. The first kappa shape index (κ1) is 16.0. The number of anilines is 1. The predicted molar refractivity (Wildman–Crippen MR) is 89.1 cm³/mol. The van der Waals surface area contributed by atoms with Gasteiger partial charge in [0.2, 0.25) is 0 Å². The van der Waals surface area contributed by atoms with Gasteiger partial charge in [0.1, 0.15) is 5.75 Å². The molecule has 0 aliphatic heterocycles. The summed E-state index contributed by atoms with van der Waals surface area (Å²) in [6.07, 6.45) is 8.30. The van der Waals surface area contributed by atoms with Gasteiger partial charge in [0.25, 0.3) is 5.91 Å². The van der Waals surface area contributed by atoms with Gasteiger partial charge in [-0.3, -0.25) is 4.79 Å². The van der Waals surface area contributed by atoms with Crippen LogP contribution in [0, 0.1) is 0 Å². The van der Waals surface area contributed by atoms with Crippen molar-refractivity contribution in [1.29, 1.82) is 0 Å². The number of methoxy groups -OCH3 is 1. The van der Waals surface area contributed by atoms with E-state index in [2.05, 4.69) is 11.6 Å². The van der Waals surface area contributed by atoms with Gasteiger partial charge in [-0.2, -0.15) is 11.8 Å². The quantitative estimate of drug-likeness (QED) is 0.821. The van der Waals surface area contributed by atoms with Crippen LogP contribution in [0.15, 0.2) is 18.2 Å². The van der Waals surface area contributed by atoms with Crippen LogP contribution in [0.2, 0.25) is 0 Å². The summed E-state index contributed by atoms with van der Waals surface area (Å²) in [5, 5.41) is 3.07. The highest BCUT2D eigenvalue weighted by Gasteiger charge is 2.31. The number of ether oxygens (including phenoxy) is 1. The molecule has 0 saturated heterocycles. The number of benzene rings is 1. The number of thioether (sulfide) groups is 1. The molecule has 4 nitrogen and oxygen atoms in total. The van der Waals surface area contributed by atoms with Crippen molar-refractivity contribution in [2.24, 2.45) is 0 Å². The molecule has 0 unspecified atom stereocenters. The van der Waals surface area contributed by atoms with Crippen LogP contribution >= 0.6 is 11.8 Å². The largest absolute Gasteiger partial charge is 0.497 e. The number of nitrogens with one attached hydrogen (secondary N) is 1. The molecule has 0 aromatic heterocycles. The lowest BCUT2D eigenvalue weighted by Gasteiger charge is -2.35. The molecular weight excluding hydrogens is 284 g/mol. The molecule has 1 aromatic rings. The highest BCUT2D eigenvalue weighted by Crippen LogP contribution is 2.38. The monoisotopic (exact) mass is 308 g/mol. The van der Waals surface area contributed by atoms with Gasteiger partial charge >= 0.3 is 0 Å². The van der Waals surface area contributed by atoms with Crippen molar-refractivity contribution in [3.05, 3.63) is 23.8 Å². The van der Waals surface area contributed by atoms with Crippen molar-refractivity contribution in [2.45, 2.75) is 36.9 Å². The minimum Gasteiger partial charge on any atom is -0.497 e. The van der Waals surface area contributed by atoms with Crippen molar-refractivity contribution in [2.75, 3.05) is 25.6 Å². The zero-order chi connectivity index (χ0) is 15.3. The lowest BCUT2D eigenvalue weighted by atomic mass is 9.88. The van der Waals surface area contributed by atoms with Crippen LogP contribution in [-0.2, 0) is 0 Å². The molecule has 0 atom stereocenters. The highest BCUT2D eigenvalue weighted by atomic mass is 32.2. The van der Waals surface area contributed by atoms with Crippen LogP contribution in [0.3, 0.4) is 0 Å². The molecule has 1 saturated carbocycles. The van der Waals surface area contributed by atoms with E-state index in [9.17, 15) is 4.79 Å². The number of nitrogens with two attached hydrogens (primary N) is 1. The van der Waals surface area contributed by atoms with E-state index in [1.54, 1.807) is 25.3 Å². The lowest BCUT2D eigenvalue weighted by molar-refractivity contribution is 0.0946. The second-order valence-electron chi connectivity index (χ2n) is 5.63. The minimum atomic E-state index is -0.0837. The van der Waals surface area contributed by atoms with E-state index < -0.39 is 0 Å². The number of hydrogen-bond donors (Lipinski definition) is 2. The Morgan fingerprint density at radius 3 is 2.67 bits per heavy atom. The molecule has 1 aliphatic rings. The van der Waals surface area contributed by atoms with Gasteiger partial charge in [-0.05, 0) is 31.2 Å². The Morgan fingerprint density at radius 1 is 1.33 bits per heavy atom. The van der Waals surface area contributed by atoms with Gasteiger partial charge in [-0.1, -0.05) is 19.3 Å². The molecule has 116 valence electrons. The zero-order valence-electron chi connectivity index (χ0n) is 12.8. The van der Waals surface area contributed by atoms with E-state index in [1.165, 1.54) is 32.1 Å². The van der Waals surface area contributed by atoms with Crippen LogP contribution in [0.25, 0.3) is 0 Å². The second-order valence-corrected chi connectivity index (χ2v) is 6.90. The molecule has 1 aliphatic carbocycles.